The maximum Gasteiger partial charge on any atom is 0.726 e. The van der Waals surface area contributed by atoms with Gasteiger partial charge in [0.25, 0.3) is 0 Å². The van der Waals surface area contributed by atoms with Gasteiger partial charge in [0.2, 0.25) is 0 Å². The monoisotopic (exact) mass is 388 g/mol. The van der Waals surface area contributed by atoms with Crippen molar-refractivity contribution in [2.24, 2.45) is 0 Å². The molecule has 0 aliphatic rings. The summed E-state index contributed by atoms with van der Waals surface area (Å²) < 4.78 is 105. The zero-order valence-electron chi connectivity index (χ0n) is 12.5. The molecule has 0 amide bonds. The molecule has 0 heterocycles. The minimum Gasteiger partial charge on any atom is -0.512 e. The second kappa shape index (κ2) is 9.39. The Hall–Kier alpha value is -2.34. The maximum absolute atomic E-state index is 11.9. The predicted molar refractivity (Wildman–Crippen MR) is 73.5 cm³/mol. The van der Waals surface area contributed by atoms with Gasteiger partial charge in [-0.1, -0.05) is 24.3 Å². The first kappa shape index (κ1) is 21.7. The number of halogens is 8. The number of hydrogen-bond acceptors (Lipinski definition) is 3. The molecule has 142 valence electrons. The molecule has 0 spiro atoms. The van der Waals surface area contributed by atoms with Gasteiger partial charge in [-0.15, -0.1) is 26.3 Å². The van der Waals surface area contributed by atoms with Crippen LogP contribution in [-0.4, -0.2) is 20.0 Å². The Morgan fingerprint density at radius 3 is 1.46 bits per heavy atom. The van der Waals surface area contributed by atoms with E-state index < -0.39 is 31.7 Å². The summed E-state index contributed by atoms with van der Waals surface area (Å²) in [4.78, 5) is 0. The minimum atomic E-state index is -5.33. The van der Waals surface area contributed by atoms with E-state index in [9.17, 15) is 35.1 Å². The molecule has 12 heteroatoms. The molecule has 0 fully saturated rings. The summed E-state index contributed by atoms with van der Waals surface area (Å²) in [5, 5.41) is 0. The average molecular weight is 388 g/mol. The number of para-hydroxylation sites is 1. The van der Waals surface area contributed by atoms with E-state index in [1.165, 1.54) is 36.4 Å². The van der Waals surface area contributed by atoms with Crippen molar-refractivity contribution in [3.63, 3.8) is 0 Å². The van der Waals surface area contributed by atoms with Crippen LogP contribution in [0.3, 0.4) is 0 Å². The van der Waals surface area contributed by atoms with Crippen LogP contribution < -0.4 is 4.65 Å². The van der Waals surface area contributed by atoms with Crippen molar-refractivity contribution in [3.8, 4) is 5.75 Å². The smallest absolute Gasteiger partial charge is 0.512 e. The second-order valence-corrected chi connectivity index (χ2v) is 4.29. The van der Waals surface area contributed by atoms with Crippen LogP contribution in [0, 0.1) is 11.6 Å². The summed E-state index contributed by atoms with van der Waals surface area (Å²) in [6.45, 7) is 0. The van der Waals surface area contributed by atoms with Crippen LogP contribution in [0.5, 0.6) is 5.75 Å². The summed E-state index contributed by atoms with van der Waals surface area (Å²) in [6.07, 6.45) is -10.7. The Morgan fingerprint density at radius 2 is 1.12 bits per heavy atom. The van der Waals surface area contributed by atoms with Crippen molar-refractivity contribution in [1.82, 2.24) is 0 Å². The van der Waals surface area contributed by atoms with Crippen LogP contribution in [0.4, 0.5) is 35.1 Å². The maximum atomic E-state index is 11.9. The van der Waals surface area contributed by atoms with Crippen LogP contribution in [-0.2, 0) is 9.31 Å². The lowest BCUT2D eigenvalue weighted by atomic mass is 10.2. The van der Waals surface area contributed by atoms with E-state index in [0.29, 0.717) is 0 Å². The van der Waals surface area contributed by atoms with E-state index in [-0.39, 0.29) is 5.75 Å². The topological polar surface area (TPSA) is 27.7 Å². The van der Waals surface area contributed by atoms with Crippen molar-refractivity contribution < 1.29 is 49.1 Å². The van der Waals surface area contributed by atoms with Crippen molar-refractivity contribution in [1.29, 1.82) is 0 Å². The zero-order chi connectivity index (χ0) is 19.8. The third-order valence-corrected chi connectivity index (χ3v) is 2.22. The van der Waals surface area contributed by atoms with Crippen LogP contribution in [0.25, 0.3) is 0 Å². The summed E-state index contributed by atoms with van der Waals surface area (Å²) in [7, 11) is -2.97. The molecule has 0 atom stereocenters. The van der Waals surface area contributed by atoms with E-state index in [4.69, 9.17) is 0 Å². The highest BCUT2D eigenvalue weighted by Gasteiger charge is 2.47. The summed E-state index contributed by atoms with van der Waals surface area (Å²) >= 11 is 0. The fourth-order valence-electron chi connectivity index (χ4n) is 1.36. The molecular weight excluding hydrogens is 379 g/mol. The van der Waals surface area contributed by atoms with Gasteiger partial charge in [-0.05, 0) is 24.3 Å². The molecule has 0 aliphatic carbocycles. The number of benzene rings is 2. The van der Waals surface area contributed by atoms with Crippen LogP contribution in [0.15, 0.2) is 54.6 Å². The molecular formula is C14H9BF8O3. The summed E-state index contributed by atoms with van der Waals surface area (Å²) in [6, 6.07) is 11.0. The third kappa shape index (κ3) is 10.5. The molecule has 0 radical (unpaired) electrons. The average Bonchev–Trinajstić information content (AvgIpc) is 2.45. The van der Waals surface area contributed by atoms with E-state index in [1.54, 1.807) is 0 Å². The second-order valence-electron chi connectivity index (χ2n) is 4.29. The lowest BCUT2D eigenvalue weighted by molar-refractivity contribution is -0.324. The van der Waals surface area contributed by atoms with Crippen LogP contribution >= 0.6 is 0 Å². The normalized spacial score (nSPS) is 11.4. The molecule has 0 aromatic heterocycles. The lowest BCUT2D eigenvalue weighted by Crippen LogP contribution is -2.40. The number of hydrogen-bond donors (Lipinski definition) is 0. The molecule has 0 aliphatic heterocycles. The van der Waals surface area contributed by atoms with Gasteiger partial charge in [0.05, 0.1) is 0 Å². The SMILES string of the molecule is FC(F)(F)OB(Oc1ccccc1)OC(F)(F)F.Fc1cccc(F)c1. The molecule has 0 N–H and O–H groups in total. The first-order chi connectivity index (χ1) is 11.9. The fraction of sp³-hybridized carbons (Fsp3) is 0.143. The van der Waals surface area contributed by atoms with Gasteiger partial charge in [0.1, 0.15) is 17.4 Å². The number of rotatable bonds is 4. The first-order valence-electron chi connectivity index (χ1n) is 6.56. The number of alkyl halides is 6. The van der Waals surface area contributed by atoms with Crippen molar-refractivity contribution >= 4 is 7.32 Å². The predicted octanol–water partition coefficient (Wildman–Crippen LogP) is 5.09. The quantitative estimate of drug-likeness (QED) is 0.540. The minimum absolute atomic E-state index is 0.268. The largest absolute Gasteiger partial charge is 0.726 e. The van der Waals surface area contributed by atoms with Gasteiger partial charge < -0.3 is 4.65 Å². The van der Waals surface area contributed by atoms with Gasteiger partial charge in [0, 0.05) is 6.07 Å². The molecule has 0 bridgehead atoms. The zero-order valence-corrected chi connectivity index (χ0v) is 12.5. The fourth-order valence-corrected chi connectivity index (χ4v) is 1.36. The molecule has 0 saturated heterocycles. The molecule has 2 aromatic rings. The van der Waals surface area contributed by atoms with Crippen molar-refractivity contribution in [3.05, 3.63) is 66.2 Å². The van der Waals surface area contributed by atoms with Gasteiger partial charge in [-0.2, -0.15) is 0 Å². The van der Waals surface area contributed by atoms with E-state index in [1.807, 2.05) is 0 Å². The van der Waals surface area contributed by atoms with Crippen molar-refractivity contribution in [2.45, 2.75) is 12.7 Å². The Morgan fingerprint density at radius 1 is 0.654 bits per heavy atom. The Labute approximate surface area is 142 Å². The van der Waals surface area contributed by atoms with Crippen LogP contribution in [0.1, 0.15) is 0 Å². The Bertz CT molecular complexity index is 630. The first-order valence-corrected chi connectivity index (χ1v) is 6.56. The van der Waals surface area contributed by atoms with Gasteiger partial charge >= 0.3 is 20.0 Å². The molecule has 0 unspecified atom stereocenters. The van der Waals surface area contributed by atoms with Crippen molar-refractivity contribution in [2.75, 3.05) is 0 Å². The summed E-state index contributed by atoms with van der Waals surface area (Å²) in [5.41, 5.74) is 0. The van der Waals surface area contributed by atoms with Gasteiger partial charge in [-0.25, -0.2) is 8.78 Å². The standard InChI is InChI=1S/C8H5BF6O3.C6H4F2/c10-7(11,12)17-9(18-8(13,14)15)16-6-4-2-1-3-5-6;7-5-2-1-3-6(8)4-5/h1-5H;1-4H. The van der Waals surface area contributed by atoms with Gasteiger partial charge in [-0.3, -0.25) is 9.31 Å². The molecule has 2 rings (SSSR count). The molecule has 26 heavy (non-hydrogen) atoms. The lowest BCUT2D eigenvalue weighted by Gasteiger charge is -2.17. The third-order valence-electron chi connectivity index (χ3n) is 2.22. The van der Waals surface area contributed by atoms with Crippen LogP contribution in [0.2, 0.25) is 0 Å². The highest BCUT2D eigenvalue weighted by Crippen LogP contribution is 2.25. The van der Waals surface area contributed by atoms with E-state index >= 15 is 0 Å². The summed E-state index contributed by atoms with van der Waals surface area (Å²) in [5.74, 6) is -1.34. The Kier molecular flexibility index (Phi) is 7.84. The molecule has 2 aromatic carbocycles. The van der Waals surface area contributed by atoms with E-state index in [2.05, 4.69) is 14.0 Å². The molecule has 3 nitrogen and oxygen atoms in total. The molecule has 0 saturated carbocycles. The highest BCUT2D eigenvalue weighted by atomic mass is 19.4. The van der Waals surface area contributed by atoms with E-state index in [0.717, 1.165) is 18.2 Å². The highest BCUT2D eigenvalue weighted by molar-refractivity contribution is 6.37. The Balaban J connectivity index is 0.000000350. The van der Waals surface area contributed by atoms with Gasteiger partial charge in [0.15, 0.2) is 0 Å².